The lowest BCUT2D eigenvalue weighted by Crippen LogP contribution is -2.10. The molecule has 0 amide bonds. The topological polar surface area (TPSA) is 29.5 Å². The molecule has 2 aromatic heterocycles. The number of hydrogen-bond acceptors (Lipinski definition) is 3. The van der Waals surface area contributed by atoms with Crippen LogP contribution in [0.25, 0.3) is 66.1 Å². The molecule has 3 heteroatoms. The second-order valence-corrected chi connectivity index (χ2v) is 11.3. The quantitative estimate of drug-likeness (QED) is 0.204. The van der Waals surface area contributed by atoms with Gasteiger partial charge in [0.05, 0.1) is 16.5 Å². The Morgan fingerprint density at radius 2 is 0.822 bits per heavy atom. The second-order valence-electron chi connectivity index (χ2n) is 11.3. The number of nitrogens with zero attached hydrogens (tertiary/aromatic N) is 1. The fraction of sp³-hybridized carbons (Fsp3) is 0. The molecule has 0 atom stereocenters. The van der Waals surface area contributed by atoms with Gasteiger partial charge in [0.25, 0.3) is 0 Å². The summed E-state index contributed by atoms with van der Waals surface area (Å²) in [5.41, 5.74) is 11.2. The van der Waals surface area contributed by atoms with Crippen molar-refractivity contribution >= 4 is 60.9 Å². The minimum absolute atomic E-state index is 0.800. The van der Waals surface area contributed by atoms with Crippen molar-refractivity contribution in [2.24, 2.45) is 0 Å². The monoisotopic (exact) mass is 577 g/mol. The Morgan fingerprint density at radius 1 is 0.356 bits per heavy atom. The molecule has 9 rings (SSSR count). The van der Waals surface area contributed by atoms with E-state index in [4.69, 9.17) is 8.83 Å². The molecule has 0 bridgehead atoms. The summed E-state index contributed by atoms with van der Waals surface area (Å²) in [6.07, 6.45) is 0. The highest BCUT2D eigenvalue weighted by atomic mass is 16.3. The lowest BCUT2D eigenvalue weighted by Gasteiger charge is -2.26. The minimum atomic E-state index is 0.800. The molecular weight excluding hydrogens is 550 g/mol. The van der Waals surface area contributed by atoms with E-state index in [0.29, 0.717) is 0 Å². The first-order valence-electron chi connectivity index (χ1n) is 15.2. The molecule has 0 aliphatic heterocycles. The first-order valence-corrected chi connectivity index (χ1v) is 15.2. The molecule has 45 heavy (non-hydrogen) atoms. The summed E-state index contributed by atoms with van der Waals surface area (Å²) in [5, 5.41) is 4.19. The molecule has 3 nitrogen and oxygen atoms in total. The molecule has 0 radical (unpaired) electrons. The predicted octanol–water partition coefficient (Wildman–Crippen LogP) is 12.3. The fourth-order valence-electron chi connectivity index (χ4n) is 6.54. The highest BCUT2D eigenvalue weighted by Gasteiger charge is 2.24. The van der Waals surface area contributed by atoms with Gasteiger partial charge in [-0.25, -0.2) is 0 Å². The van der Waals surface area contributed by atoms with Crippen LogP contribution in [0, 0.1) is 0 Å². The van der Waals surface area contributed by atoms with E-state index in [1.165, 1.54) is 16.7 Å². The van der Waals surface area contributed by atoms with Crippen LogP contribution in [0.4, 0.5) is 17.1 Å². The van der Waals surface area contributed by atoms with Gasteiger partial charge >= 0.3 is 0 Å². The van der Waals surface area contributed by atoms with Crippen LogP contribution in [-0.4, -0.2) is 0 Å². The largest absolute Gasteiger partial charge is 0.456 e. The van der Waals surface area contributed by atoms with Gasteiger partial charge in [-0.2, -0.15) is 0 Å². The van der Waals surface area contributed by atoms with Gasteiger partial charge in [-0.3, -0.25) is 0 Å². The molecule has 9 aromatic rings. The van der Waals surface area contributed by atoms with E-state index >= 15 is 0 Å². The summed E-state index contributed by atoms with van der Waals surface area (Å²) in [6, 6.07) is 57.2. The van der Waals surface area contributed by atoms with Crippen LogP contribution in [-0.2, 0) is 0 Å². The van der Waals surface area contributed by atoms with Crippen LogP contribution in [0.2, 0.25) is 0 Å². The molecule has 0 aliphatic carbocycles. The van der Waals surface area contributed by atoms with Crippen molar-refractivity contribution in [3.63, 3.8) is 0 Å². The molecule has 0 unspecified atom stereocenters. The third kappa shape index (κ3) is 4.21. The number of furan rings is 2. The Hall–Kier alpha value is -6.06. The van der Waals surface area contributed by atoms with Crippen LogP contribution in [0.15, 0.2) is 173 Å². The minimum Gasteiger partial charge on any atom is -0.456 e. The van der Waals surface area contributed by atoms with Crippen molar-refractivity contribution in [3.05, 3.63) is 164 Å². The smallest absolute Gasteiger partial charge is 0.149 e. The fourth-order valence-corrected chi connectivity index (χ4v) is 6.54. The molecule has 0 fully saturated rings. The summed E-state index contributed by atoms with van der Waals surface area (Å²) < 4.78 is 13.1. The lowest BCUT2D eigenvalue weighted by molar-refractivity contribution is 0.663. The third-order valence-electron chi connectivity index (χ3n) is 8.68. The Morgan fingerprint density at radius 3 is 1.47 bits per heavy atom. The maximum atomic E-state index is 6.63. The van der Waals surface area contributed by atoms with E-state index in [1.807, 2.05) is 36.4 Å². The highest BCUT2D eigenvalue weighted by molar-refractivity contribution is 6.26. The molecule has 0 saturated heterocycles. The number of benzene rings is 7. The van der Waals surface area contributed by atoms with Gasteiger partial charge in [-0.15, -0.1) is 0 Å². The van der Waals surface area contributed by atoms with E-state index in [0.717, 1.165) is 66.5 Å². The zero-order valence-electron chi connectivity index (χ0n) is 24.4. The number of anilines is 3. The van der Waals surface area contributed by atoms with Gasteiger partial charge in [-0.05, 0) is 58.7 Å². The van der Waals surface area contributed by atoms with Crippen molar-refractivity contribution in [1.29, 1.82) is 0 Å². The number of rotatable bonds is 5. The van der Waals surface area contributed by atoms with Gasteiger partial charge in [0.15, 0.2) is 0 Å². The van der Waals surface area contributed by atoms with Crippen LogP contribution < -0.4 is 4.90 Å². The SMILES string of the molecule is c1ccc(-c2ccc(-c3ccc(N(c4ccccc4)c4cc5oc6ccccc6c5c5oc6ccccc6c45)cc3)cc2)cc1. The van der Waals surface area contributed by atoms with Gasteiger partial charge in [0.2, 0.25) is 0 Å². The highest BCUT2D eigenvalue weighted by Crippen LogP contribution is 2.48. The van der Waals surface area contributed by atoms with Crippen molar-refractivity contribution < 1.29 is 8.83 Å². The van der Waals surface area contributed by atoms with E-state index in [2.05, 4.69) is 132 Å². The first-order chi connectivity index (χ1) is 22.3. The van der Waals surface area contributed by atoms with Crippen molar-refractivity contribution in [2.45, 2.75) is 0 Å². The van der Waals surface area contributed by atoms with Gasteiger partial charge < -0.3 is 13.7 Å². The Balaban J connectivity index is 1.23. The average Bonchev–Trinajstić information content (AvgIpc) is 3.68. The van der Waals surface area contributed by atoms with E-state index in [-0.39, 0.29) is 0 Å². The summed E-state index contributed by atoms with van der Waals surface area (Å²) in [7, 11) is 0. The normalized spacial score (nSPS) is 11.6. The summed E-state index contributed by atoms with van der Waals surface area (Å²) in [5.74, 6) is 0. The van der Waals surface area contributed by atoms with Crippen LogP contribution in [0.5, 0.6) is 0 Å². The third-order valence-corrected chi connectivity index (χ3v) is 8.68. The summed E-state index contributed by atoms with van der Waals surface area (Å²) in [4.78, 5) is 2.30. The van der Waals surface area contributed by atoms with Gasteiger partial charge in [0.1, 0.15) is 22.3 Å². The summed E-state index contributed by atoms with van der Waals surface area (Å²) in [6.45, 7) is 0. The Bertz CT molecular complexity index is 2450. The summed E-state index contributed by atoms with van der Waals surface area (Å²) >= 11 is 0. The molecule has 0 spiro atoms. The molecule has 7 aromatic carbocycles. The maximum Gasteiger partial charge on any atom is 0.149 e. The number of hydrogen-bond donors (Lipinski definition) is 0. The van der Waals surface area contributed by atoms with Crippen molar-refractivity contribution in [1.82, 2.24) is 0 Å². The van der Waals surface area contributed by atoms with Crippen LogP contribution >= 0.6 is 0 Å². The van der Waals surface area contributed by atoms with Crippen LogP contribution in [0.1, 0.15) is 0 Å². The molecule has 0 N–H and O–H groups in total. The van der Waals surface area contributed by atoms with Gasteiger partial charge in [-0.1, -0.05) is 121 Å². The molecule has 0 aliphatic rings. The predicted molar refractivity (Wildman–Crippen MR) is 187 cm³/mol. The molecule has 212 valence electrons. The second kappa shape index (κ2) is 10.3. The zero-order chi connectivity index (χ0) is 29.7. The Kier molecular flexibility index (Phi) is 5.82. The van der Waals surface area contributed by atoms with Crippen LogP contribution in [0.3, 0.4) is 0 Å². The lowest BCUT2D eigenvalue weighted by atomic mass is 10.00. The average molecular weight is 578 g/mol. The molecular formula is C42H27NO2. The maximum absolute atomic E-state index is 6.63. The van der Waals surface area contributed by atoms with E-state index in [1.54, 1.807) is 0 Å². The van der Waals surface area contributed by atoms with Crippen molar-refractivity contribution in [3.8, 4) is 22.3 Å². The molecule has 2 heterocycles. The number of para-hydroxylation sites is 3. The molecule has 0 saturated carbocycles. The van der Waals surface area contributed by atoms with E-state index in [9.17, 15) is 0 Å². The Labute approximate surface area is 260 Å². The van der Waals surface area contributed by atoms with E-state index < -0.39 is 0 Å². The first kappa shape index (κ1) is 25.4. The zero-order valence-corrected chi connectivity index (χ0v) is 24.4. The van der Waals surface area contributed by atoms with Crippen molar-refractivity contribution in [2.75, 3.05) is 4.90 Å². The standard InChI is InChI=1S/C42H27NO2/c1-3-11-28(12-4-1)29-19-21-30(22-20-29)31-23-25-33(26-24-31)43(32-13-5-2-6-14-32)36-27-39-41(35-16-8-9-17-37(35)44-39)42-40(36)34-15-7-10-18-38(34)45-42/h1-27H. The number of fused-ring (bicyclic) bond motifs is 7. The van der Waals surface area contributed by atoms with Gasteiger partial charge in [0, 0.05) is 28.2 Å².